The summed E-state index contributed by atoms with van der Waals surface area (Å²) in [7, 11) is 0. The van der Waals surface area contributed by atoms with Gasteiger partial charge in [0, 0.05) is 18.7 Å². The van der Waals surface area contributed by atoms with E-state index in [0.717, 1.165) is 19.6 Å². The molecule has 2 fully saturated rings. The fourth-order valence-corrected chi connectivity index (χ4v) is 2.61. The van der Waals surface area contributed by atoms with Crippen LogP contribution in [0.3, 0.4) is 0 Å². The molecule has 2 saturated heterocycles. The Morgan fingerprint density at radius 1 is 1.36 bits per heavy atom. The number of nitrogens with one attached hydrogen (secondary N) is 1. The molecule has 0 spiro atoms. The molecule has 0 aromatic carbocycles. The molecule has 0 aromatic rings. The third kappa shape index (κ3) is 2.10. The summed E-state index contributed by atoms with van der Waals surface area (Å²) in [5, 5.41) is 3.48. The second-order valence-corrected chi connectivity index (χ2v) is 4.64. The number of nitrogens with zero attached hydrogens (tertiary/aromatic N) is 1. The number of rotatable bonds is 2. The second-order valence-electron chi connectivity index (χ2n) is 4.64. The summed E-state index contributed by atoms with van der Waals surface area (Å²) in [6, 6.07) is 1.25. The molecule has 1 N–H and O–H groups in total. The monoisotopic (exact) mass is 198 g/mol. The molecular formula is C11H22N2O. The maximum absolute atomic E-state index is 5.79. The van der Waals surface area contributed by atoms with Gasteiger partial charge in [0.25, 0.3) is 0 Å². The van der Waals surface area contributed by atoms with Crippen LogP contribution in [0.4, 0.5) is 0 Å². The van der Waals surface area contributed by atoms with Gasteiger partial charge in [-0.25, -0.2) is 0 Å². The van der Waals surface area contributed by atoms with Crippen LogP contribution in [0.1, 0.15) is 33.1 Å². The van der Waals surface area contributed by atoms with Gasteiger partial charge in [0.05, 0.1) is 0 Å². The first-order valence-corrected chi connectivity index (χ1v) is 5.90. The summed E-state index contributed by atoms with van der Waals surface area (Å²) in [6.07, 6.45) is 4.05. The molecule has 3 heteroatoms. The summed E-state index contributed by atoms with van der Waals surface area (Å²) in [5.41, 5.74) is 0. The lowest BCUT2D eigenvalue weighted by Crippen LogP contribution is -2.53. The average molecular weight is 198 g/mol. The zero-order chi connectivity index (χ0) is 9.97. The zero-order valence-corrected chi connectivity index (χ0v) is 9.33. The normalized spacial score (nSPS) is 35.4. The summed E-state index contributed by atoms with van der Waals surface area (Å²) in [6.45, 7) is 7.85. The number of hydrogen-bond donors (Lipinski definition) is 1. The van der Waals surface area contributed by atoms with Crippen molar-refractivity contribution < 1.29 is 4.74 Å². The highest BCUT2D eigenvalue weighted by Crippen LogP contribution is 2.24. The standard InChI is InChI=1S/C11H22N2O/c1-9(2)13-7-3-5-10(13)11-12-6-4-8-14-11/h9-12H,3-8H2,1-2H3. The van der Waals surface area contributed by atoms with Gasteiger partial charge in [-0.3, -0.25) is 10.2 Å². The molecule has 2 heterocycles. The molecule has 2 aliphatic rings. The molecule has 2 aliphatic heterocycles. The van der Waals surface area contributed by atoms with Gasteiger partial charge in [-0.2, -0.15) is 0 Å². The minimum atomic E-state index is 0.286. The Morgan fingerprint density at radius 3 is 2.86 bits per heavy atom. The largest absolute Gasteiger partial charge is 0.362 e. The molecule has 0 saturated carbocycles. The van der Waals surface area contributed by atoms with Gasteiger partial charge in [-0.1, -0.05) is 0 Å². The molecule has 82 valence electrons. The summed E-state index contributed by atoms with van der Waals surface area (Å²) in [4.78, 5) is 2.57. The number of likely N-dealkylation sites (tertiary alicyclic amines) is 1. The van der Waals surface area contributed by atoms with Crippen LogP contribution in [0, 0.1) is 0 Å². The van der Waals surface area contributed by atoms with Crippen molar-refractivity contribution in [1.29, 1.82) is 0 Å². The quantitative estimate of drug-likeness (QED) is 0.721. The Kier molecular flexibility index (Phi) is 3.42. The van der Waals surface area contributed by atoms with Crippen molar-refractivity contribution in [3.63, 3.8) is 0 Å². The molecular weight excluding hydrogens is 176 g/mol. The average Bonchev–Trinajstić information content (AvgIpc) is 2.67. The van der Waals surface area contributed by atoms with Crippen LogP contribution in [-0.4, -0.2) is 42.9 Å². The maximum Gasteiger partial charge on any atom is 0.123 e. The Balaban J connectivity index is 1.94. The third-order valence-electron chi connectivity index (χ3n) is 3.32. The second kappa shape index (κ2) is 4.60. The van der Waals surface area contributed by atoms with Crippen LogP contribution in [0.2, 0.25) is 0 Å². The van der Waals surface area contributed by atoms with Crippen LogP contribution >= 0.6 is 0 Å². The van der Waals surface area contributed by atoms with E-state index in [1.165, 1.54) is 19.4 Å². The van der Waals surface area contributed by atoms with E-state index in [0.29, 0.717) is 12.1 Å². The lowest BCUT2D eigenvalue weighted by molar-refractivity contribution is -0.0502. The summed E-state index contributed by atoms with van der Waals surface area (Å²) < 4.78 is 5.79. The molecule has 2 unspecified atom stereocenters. The van der Waals surface area contributed by atoms with Gasteiger partial charge in [0.15, 0.2) is 0 Å². The van der Waals surface area contributed by atoms with Crippen LogP contribution < -0.4 is 5.32 Å². The van der Waals surface area contributed by atoms with Gasteiger partial charge < -0.3 is 4.74 Å². The predicted octanol–water partition coefficient (Wildman–Crippen LogP) is 1.20. The summed E-state index contributed by atoms with van der Waals surface area (Å²) in [5.74, 6) is 0. The van der Waals surface area contributed by atoms with E-state index >= 15 is 0 Å². The van der Waals surface area contributed by atoms with Crippen molar-refractivity contribution in [2.24, 2.45) is 0 Å². The van der Waals surface area contributed by atoms with Crippen molar-refractivity contribution in [3.05, 3.63) is 0 Å². The van der Waals surface area contributed by atoms with Crippen molar-refractivity contribution in [2.75, 3.05) is 19.7 Å². The highest BCUT2D eigenvalue weighted by atomic mass is 16.5. The maximum atomic E-state index is 5.79. The fourth-order valence-electron chi connectivity index (χ4n) is 2.61. The Bertz CT molecular complexity index is 178. The first-order valence-electron chi connectivity index (χ1n) is 5.90. The first kappa shape index (κ1) is 10.4. The van der Waals surface area contributed by atoms with Crippen LogP contribution in [0.5, 0.6) is 0 Å². The molecule has 0 aliphatic carbocycles. The third-order valence-corrected chi connectivity index (χ3v) is 3.32. The Hall–Kier alpha value is -0.120. The van der Waals surface area contributed by atoms with Crippen LogP contribution in [0.25, 0.3) is 0 Å². The molecule has 3 nitrogen and oxygen atoms in total. The predicted molar refractivity (Wildman–Crippen MR) is 57.2 cm³/mol. The lowest BCUT2D eigenvalue weighted by Gasteiger charge is -2.36. The van der Waals surface area contributed by atoms with Crippen molar-refractivity contribution >= 4 is 0 Å². The van der Waals surface area contributed by atoms with Crippen molar-refractivity contribution in [3.8, 4) is 0 Å². The zero-order valence-electron chi connectivity index (χ0n) is 9.33. The van der Waals surface area contributed by atoms with E-state index < -0.39 is 0 Å². The smallest absolute Gasteiger partial charge is 0.123 e. The lowest BCUT2D eigenvalue weighted by atomic mass is 10.1. The van der Waals surface area contributed by atoms with Crippen LogP contribution in [-0.2, 0) is 4.74 Å². The van der Waals surface area contributed by atoms with E-state index in [2.05, 4.69) is 24.1 Å². The number of ether oxygens (including phenoxy) is 1. The molecule has 0 aromatic heterocycles. The SMILES string of the molecule is CC(C)N1CCCC1C1NCCCO1. The van der Waals surface area contributed by atoms with Gasteiger partial charge in [-0.15, -0.1) is 0 Å². The fraction of sp³-hybridized carbons (Fsp3) is 1.00. The molecule has 0 amide bonds. The summed E-state index contributed by atoms with van der Waals surface area (Å²) >= 11 is 0. The van der Waals surface area contributed by atoms with E-state index in [4.69, 9.17) is 4.74 Å². The van der Waals surface area contributed by atoms with Gasteiger partial charge >= 0.3 is 0 Å². The van der Waals surface area contributed by atoms with E-state index in [1.54, 1.807) is 0 Å². The Morgan fingerprint density at radius 2 is 2.21 bits per heavy atom. The molecule has 2 rings (SSSR count). The highest BCUT2D eigenvalue weighted by molar-refractivity contribution is 4.87. The first-order chi connectivity index (χ1) is 6.79. The van der Waals surface area contributed by atoms with Gasteiger partial charge in [-0.05, 0) is 46.2 Å². The molecule has 0 radical (unpaired) electrons. The number of hydrogen-bond acceptors (Lipinski definition) is 3. The Labute approximate surface area is 86.8 Å². The molecule has 14 heavy (non-hydrogen) atoms. The minimum Gasteiger partial charge on any atom is -0.362 e. The topological polar surface area (TPSA) is 24.5 Å². The van der Waals surface area contributed by atoms with Gasteiger partial charge in [0.1, 0.15) is 6.23 Å². The van der Waals surface area contributed by atoms with Crippen LogP contribution in [0.15, 0.2) is 0 Å². The molecule has 2 atom stereocenters. The van der Waals surface area contributed by atoms with Crippen molar-refractivity contribution in [2.45, 2.75) is 51.4 Å². The van der Waals surface area contributed by atoms with Gasteiger partial charge in [0.2, 0.25) is 0 Å². The van der Waals surface area contributed by atoms with E-state index in [-0.39, 0.29) is 6.23 Å². The molecule has 0 bridgehead atoms. The van der Waals surface area contributed by atoms with E-state index in [9.17, 15) is 0 Å². The van der Waals surface area contributed by atoms with E-state index in [1.807, 2.05) is 0 Å². The minimum absolute atomic E-state index is 0.286. The van der Waals surface area contributed by atoms with Crippen molar-refractivity contribution in [1.82, 2.24) is 10.2 Å². The highest BCUT2D eigenvalue weighted by Gasteiger charge is 2.34.